The molecule has 0 aliphatic rings. The number of anilines is 1. The van der Waals surface area contributed by atoms with Gasteiger partial charge in [-0.1, -0.05) is 11.6 Å². The summed E-state index contributed by atoms with van der Waals surface area (Å²) in [5.41, 5.74) is 0.659. The molecule has 0 aliphatic carbocycles. The maximum Gasteiger partial charge on any atom is 0.288 e. The number of sulfonamides is 1. The van der Waals surface area contributed by atoms with Gasteiger partial charge in [0.05, 0.1) is 22.5 Å². The van der Waals surface area contributed by atoms with Crippen LogP contribution in [0.3, 0.4) is 0 Å². The minimum Gasteiger partial charge on any atom is -0.281 e. The number of nitrogens with zero attached hydrogens (tertiary/aromatic N) is 2. The van der Waals surface area contributed by atoms with Crippen LogP contribution in [0.2, 0.25) is 5.02 Å². The van der Waals surface area contributed by atoms with E-state index in [2.05, 4.69) is 14.9 Å². The predicted molar refractivity (Wildman–Crippen MR) is 77.0 cm³/mol. The van der Waals surface area contributed by atoms with Crippen molar-refractivity contribution in [3.63, 3.8) is 0 Å². The lowest BCUT2D eigenvalue weighted by Gasteiger charge is -2.10. The highest BCUT2D eigenvalue weighted by Crippen LogP contribution is 2.31. The smallest absolute Gasteiger partial charge is 0.281 e. The maximum absolute atomic E-state index is 12.2. The first-order chi connectivity index (χ1) is 9.72. The number of hydrogen-bond donors (Lipinski definition) is 2. The van der Waals surface area contributed by atoms with Crippen molar-refractivity contribution in [2.45, 2.75) is 18.7 Å². The molecule has 0 fully saturated rings. The number of hydrogen-bond acceptors (Lipinski definition) is 5. The molecule has 1 aromatic carbocycles. The van der Waals surface area contributed by atoms with E-state index in [-0.39, 0.29) is 21.3 Å². The number of nitro benzene ring substituents is 1. The first-order valence-corrected chi connectivity index (χ1v) is 7.56. The zero-order chi connectivity index (χ0) is 15.8. The Bertz CT molecular complexity index is 816. The largest absolute Gasteiger partial charge is 0.288 e. The van der Waals surface area contributed by atoms with Gasteiger partial charge in [0.15, 0.2) is 0 Å². The molecule has 0 radical (unpaired) electrons. The number of aromatic nitrogens is 2. The Morgan fingerprint density at radius 3 is 2.57 bits per heavy atom. The van der Waals surface area contributed by atoms with Gasteiger partial charge in [0.25, 0.3) is 15.7 Å². The summed E-state index contributed by atoms with van der Waals surface area (Å²) in [5, 5.41) is 16.8. The minimum absolute atomic E-state index is 0.00336. The van der Waals surface area contributed by atoms with Crippen molar-refractivity contribution in [3.8, 4) is 0 Å². The molecular formula is C11H11ClN4O4S. The summed E-state index contributed by atoms with van der Waals surface area (Å²) in [6.45, 7) is 3.11. The Hall–Kier alpha value is -2.13. The van der Waals surface area contributed by atoms with Gasteiger partial charge >= 0.3 is 0 Å². The van der Waals surface area contributed by atoms with Gasteiger partial charge in [0.1, 0.15) is 9.92 Å². The summed E-state index contributed by atoms with van der Waals surface area (Å²) in [6.07, 6.45) is 1.18. The number of nitro groups is 1. The monoisotopic (exact) mass is 330 g/mol. The topological polar surface area (TPSA) is 118 Å². The summed E-state index contributed by atoms with van der Waals surface area (Å²) in [5.74, 6) is 0. The van der Waals surface area contributed by atoms with Gasteiger partial charge < -0.3 is 0 Å². The molecule has 2 rings (SSSR count). The van der Waals surface area contributed by atoms with Gasteiger partial charge in [-0.2, -0.15) is 5.10 Å². The Labute approximate surface area is 125 Å². The number of nitrogens with one attached hydrogen (secondary N) is 2. The highest BCUT2D eigenvalue weighted by atomic mass is 35.5. The zero-order valence-electron chi connectivity index (χ0n) is 11.0. The number of aromatic amines is 1. The van der Waals surface area contributed by atoms with Gasteiger partial charge in [-0.05, 0) is 25.5 Å². The zero-order valence-corrected chi connectivity index (χ0v) is 12.6. The first-order valence-electron chi connectivity index (χ1n) is 5.69. The molecule has 8 nitrogen and oxygen atoms in total. The van der Waals surface area contributed by atoms with E-state index in [9.17, 15) is 18.5 Å². The molecule has 1 heterocycles. The Kier molecular flexibility index (Phi) is 3.88. The summed E-state index contributed by atoms with van der Waals surface area (Å²) in [6, 6.07) is 2.42. The van der Waals surface area contributed by atoms with Crippen LogP contribution in [0, 0.1) is 24.0 Å². The second kappa shape index (κ2) is 5.34. The molecule has 10 heteroatoms. The van der Waals surface area contributed by atoms with E-state index in [1.54, 1.807) is 13.8 Å². The standard InChI is InChI=1S/C11H11ClN4O4S/c1-6-3-10(16(17)18)8(12)4-9(6)15-21(19,20)11-5-13-14-7(11)2/h3-5,15H,1-2H3,(H,13,14). The van der Waals surface area contributed by atoms with Crippen LogP contribution in [0.4, 0.5) is 11.4 Å². The van der Waals surface area contributed by atoms with Crippen molar-refractivity contribution in [1.29, 1.82) is 0 Å². The average Bonchev–Trinajstić information content (AvgIpc) is 2.80. The van der Waals surface area contributed by atoms with Gasteiger partial charge in [-0.3, -0.25) is 19.9 Å². The predicted octanol–water partition coefficient (Wildman–Crippen LogP) is 2.39. The van der Waals surface area contributed by atoms with Gasteiger partial charge in [0.2, 0.25) is 0 Å². The quantitative estimate of drug-likeness (QED) is 0.659. The molecule has 0 spiro atoms. The van der Waals surface area contributed by atoms with Crippen molar-refractivity contribution in [3.05, 3.63) is 44.7 Å². The van der Waals surface area contributed by atoms with E-state index in [0.29, 0.717) is 11.3 Å². The van der Waals surface area contributed by atoms with Gasteiger partial charge in [-0.25, -0.2) is 8.42 Å². The van der Waals surface area contributed by atoms with Gasteiger partial charge in [-0.15, -0.1) is 0 Å². The van der Waals surface area contributed by atoms with Crippen LogP contribution in [-0.4, -0.2) is 23.5 Å². The fourth-order valence-corrected chi connectivity index (χ4v) is 3.22. The normalized spacial score (nSPS) is 11.4. The van der Waals surface area contributed by atoms with Crippen LogP contribution >= 0.6 is 11.6 Å². The van der Waals surface area contributed by atoms with Crippen LogP contribution in [-0.2, 0) is 10.0 Å². The molecule has 2 N–H and O–H groups in total. The number of halogens is 1. The van der Waals surface area contributed by atoms with E-state index in [0.717, 1.165) is 0 Å². The Morgan fingerprint density at radius 2 is 2.05 bits per heavy atom. The fraction of sp³-hybridized carbons (Fsp3) is 0.182. The summed E-state index contributed by atoms with van der Waals surface area (Å²) < 4.78 is 26.8. The van der Waals surface area contributed by atoms with Crippen molar-refractivity contribution in [2.75, 3.05) is 4.72 Å². The summed E-state index contributed by atoms with van der Waals surface area (Å²) in [7, 11) is -3.85. The van der Waals surface area contributed by atoms with E-state index in [4.69, 9.17) is 11.6 Å². The number of benzene rings is 1. The van der Waals surface area contributed by atoms with Crippen molar-refractivity contribution < 1.29 is 13.3 Å². The molecule has 112 valence electrons. The van der Waals surface area contributed by atoms with Crippen molar-refractivity contribution >= 4 is 33.0 Å². The fourth-order valence-electron chi connectivity index (χ4n) is 1.73. The molecule has 0 amide bonds. The SMILES string of the molecule is Cc1cc([N+](=O)[O-])c(Cl)cc1NS(=O)(=O)c1cn[nH]c1C. The van der Waals surface area contributed by atoms with Crippen molar-refractivity contribution in [2.24, 2.45) is 0 Å². The first kappa shape index (κ1) is 15.3. The second-order valence-electron chi connectivity index (χ2n) is 4.34. The Balaban J connectivity index is 2.43. The summed E-state index contributed by atoms with van der Waals surface area (Å²) in [4.78, 5) is 10.1. The third-order valence-corrected chi connectivity index (χ3v) is 4.59. The maximum atomic E-state index is 12.2. The van der Waals surface area contributed by atoms with Crippen molar-refractivity contribution in [1.82, 2.24) is 10.2 Å². The number of H-pyrrole nitrogens is 1. The van der Waals surface area contributed by atoms with Crippen LogP contribution < -0.4 is 4.72 Å². The molecule has 0 aliphatic heterocycles. The highest BCUT2D eigenvalue weighted by Gasteiger charge is 2.22. The van der Waals surface area contributed by atoms with Crippen LogP contribution in [0.25, 0.3) is 0 Å². The molecule has 0 saturated carbocycles. The lowest BCUT2D eigenvalue weighted by Crippen LogP contribution is -2.14. The average molecular weight is 331 g/mol. The third kappa shape index (κ3) is 2.98. The number of rotatable bonds is 4. The Morgan fingerprint density at radius 1 is 1.38 bits per heavy atom. The molecule has 0 unspecified atom stereocenters. The molecule has 0 atom stereocenters. The van der Waals surface area contributed by atoms with E-state index in [1.165, 1.54) is 18.3 Å². The van der Waals surface area contributed by atoms with E-state index in [1.807, 2.05) is 0 Å². The molecule has 1 aromatic heterocycles. The molecular weight excluding hydrogens is 320 g/mol. The van der Waals surface area contributed by atoms with E-state index < -0.39 is 14.9 Å². The molecule has 2 aromatic rings. The van der Waals surface area contributed by atoms with Crippen LogP contribution in [0.1, 0.15) is 11.3 Å². The molecule has 0 bridgehead atoms. The third-order valence-electron chi connectivity index (χ3n) is 2.81. The second-order valence-corrected chi connectivity index (χ2v) is 6.40. The lowest BCUT2D eigenvalue weighted by atomic mass is 10.2. The number of aryl methyl sites for hydroxylation is 2. The minimum atomic E-state index is -3.85. The van der Waals surface area contributed by atoms with Crippen LogP contribution in [0.5, 0.6) is 0 Å². The molecule has 0 saturated heterocycles. The van der Waals surface area contributed by atoms with E-state index >= 15 is 0 Å². The summed E-state index contributed by atoms with van der Waals surface area (Å²) >= 11 is 5.79. The lowest BCUT2D eigenvalue weighted by molar-refractivity contribution is -0.384. The molecule has 21 heavy (non-hydrogen) atoms. The highest BCUT2D eigenvalue weighted by molar-refractivity contribution is 7.92. The van der Waals surface area contributed by atoms with Gasteiger partial charge in [0, 0.05) is 6.07 Å². The van der Waals surface area contributed by atoms with Crippen LogP contribution in [0.15, 0.2) is 23.2 Å².